The van der Waals surface area contributed by atoms with Crippen LogP contribution in [0.4, 0.5) is 10.8 Å². The molecule has 8 heteroatoms. The lowest BCUT2D eigenvalue weighted by molar-refractivity contribution is 0.600. The van der Waals surface area contributed by atoms with E-state index in [4.69, 9.17) is 5.73 Å². The topological polar surface area (TPSA) is 85.1 Å². The first-order chi connectivity index (χ1) is 11.4. The Morgan fingerprint density at radius 3 is 2.62 bits per heavy atom. The third-order valence-electron chi connectivity index (χ3n) is 3.41. The van der Waals surface area contributed by atoms with Crippen LogP contribution in [0.5, 0.6) is 0 Å². The van der Waals surface area contributed by atoms with E-state index in [1.807, 2.05) is 35.7 Å². The molecule has 5 nitrogen and oxygen atoms in total. The molecule has 0 amide bonds. The van der Waals surface area contributed by atoms with Crippen molar-refractivity contribution in [3.05, 3.63) is 57.9 Å². The van der Waals surface area contributed by atoms with Gasteiger partial charge < -0.3 is 5.73 Å². The highest BCUT2D eigenvalue weighted by atomic mass is 79.9. The molecule has 0 unspecified atom stereocenters. The number of hydrogen-bond acceptors (Lipinski definition) is 5. The molecule has 1 heterocycles. The van der Waals surface area contributed by atoms with E-state index in [-0.39, 0.29) is 4.90 Å². The van der Waals surface area contributed by atoms with Crippen LogP contribution in [0, 0.1) is 6.92 Å². The van der Waals surface area contributed by atoms with Gasteiger partial charge in [0, 0.05) is 21.1 Å². The summed E-state index contributed by atoms with van der Waals surface area (Å²) in [5.74, 6) is 0. The van der Waals surface area contributed by atoms with Crippen LogP contribution >= 0.6 is 27.3 Å². The molecule has 0 atom stereocenters. The van der Waals surface area contributed by atoms with Crippen molar-refractivity contribution >= 4 is 48.1 Å². The number of benzene rings is 2. The van der Waals surface area contributed by atoms with Gasteiger partial charge in [0.25, 0.3) is 10.0 Å². The summed E-state index contributed by atoms with van der Waals surface area (Å²) >= 11 is 4.49. The number of nitrogens with zero attached hydrogens (tertiary/aromatic N) is 1. The van der Waals surface area contributed by atoms with Gasteiger partial charge in [0.2, 0.25) is 0 Å². The molecule has 0 saturated carbocycles. The third kappa shape index (κ3) is 3.45. The Balaban J connectivity index is 1.91. The number of rotatable bonds is 4. The molecule has 0 bridgehead atoms. The molecule has 0 aliphatic heterocycles. The van der Waals surface area contributed by atoms with Crippen molar-refractivity contribution < 1.29 is 8.42 Å². The van der Waals surface area contributed by atoms with Gasteiger partial charge in [-0.25, -0.2) is 13.4 Å². The normalized spacial score (nSPS) is 11.4. The van der Waals surface area contributed by atoms with E-state index in [1.54, 1.807) is 13.0 Å². The van der Waals surface area contributed by atoms with E-state index in [9.17, 15) is 8.42 Å². The maximum Gasteiger partial charge on any atom is 0.264 e. The second kappa shape index (κ2) is 6.54. The van der Waals surface area contributed by atoms with Crippen LogP contribution in [-0.2, 0) is 10.0 Å². The summed E-state index contributed by atoms with van der Waals surface area (Å²) in [7, 11) is -3.76. The van der Waals surface area contributed by atoms with Crippen molar-refractivity contribution in [3.63, 3.8) is 0 Å². The molecule has 0 saturated heterocycles. The summed E-state index contributed by atoms with van der Waals surface area (Å²) in [5, 5.41) is 2.13. The van der Waals surface area contributed by atoms with Gasteiger partial charge in [-0.1, -0.05) is 30.3 Å². The molecule has 0 aliphatic rings. The molecular weight excluding hydrogens is 410 g/mol. The number of aryl methyl sites for hydroxylation is 1. The largest absolute Gasteiger partial charge is 0.398 e. The number of thiazole rings is 1. The SMILES string of the molecule is Cc1cc(S(=O)(=O)Nc2nc(-c3ccccc3)cs2)c(Br)cc1N. The number of halogens is 1. The Morgan fingerprint density at radius 1 is 1.21 bits per heavy atom. The molecule has 3 rings (SSSR count). The lowest BCUT2D eigenvalue weighted by Gasteiger charge is -2.10. The molecule has 124 valence electrons. The predicted molar refractivity (Wildman–Crippen MR) is 102 cm³/mol. The summed E-state index contributed by atoms with van der Waals surface area (Å²) in [6, 6.07) is 12.7. The zero-order valence-corrected chi connectivity index (χ0v) is 15.9. The fraction of sp³-hybridized carbons (Fsp3) is 0.0625. The second-order valence-corrected chi connectivity index (χ2v) is 8.51. The molecule has 0 radical (unpaired) electrons. The zero-order chi connectivity index (χ0) is 17.3. The van der Waals surface area contributed by atoms with Gasteiger partial charge in [0.05, 0.1) is 5.69 Å². The molecule has 2 aromatic carbocycles. The lowest BCUT2D eigenvalue weighted by atomic mass is 10.2. The van der Waals surface area contributed by atoms with Crippen LogP contribution in [0.1, 0.15) is 5.56 Å². The number of nitrogens with one attached hydrogen (secondary N) is 1. The number of anilines is 2. The van der Waals surface area contributed by atoms with Gasteiger partial charge in [-0.15, -0.1) is 11.3 Å². The van der Waals surface area contributed by atoms with E-state index >= 15 is 0 Å². The smallest absolute Gasteiger partial charge is 0.264 e. The van der Waals surface area contributed by atoms with Gasteiger partial charge in [-0.2, -0.15) is 0 Å². The first kappa shape index (κ1) is 16.9. The first-order valence-corrected chi connectivity index (χ1v) is 10.1. The molecule has 0 spiro atoms. The number of nitrogens with two attached hydrogens (primary N) is 1. The van der Waals surface area contributed by atoms with Gasteiger partial charge in [0.15, 0.2) is 5.13 Å². The highest BCUT2D eigenvalue weighted by Gasteiger charge is 2.20. The summed E-state index contributed by atoms with van der Waals surface area (Å²) < 4.78 is 28.2. The zero-order valence-electron chi connectivity index (χ0n) is 12.7. The Hall–Kier alpha value is -1.90. The van der Waals surface area contributed by atoms with Crippen molar-refractivity contribution in [3.8, 4) is 11.3 Å². The van der Waals surface area contributed by atoms with Crippen LogP contribution in [0.25, 0.3) is 11.3 Å². The van der Waals surface area contributed by atoms with Crippen molar-refractivity contribution in [1.29, 1.82) is 0 Å². The highest BCUT2D eigenvalue weighted by molar-refractivity contribution is 9.10. The van der Waals surface area contributed by atoms with Crippen molar-refractivity contribution in [2.75, 3.05) is 10.5 Å². The van der Waals surface area contributed by atoms with Crippen LogP contribution in [-0.4, -0.2) is 13.4 Å². The van der Waals surface area contributed by atoms with Crippen molar-refractivity contribution in [2.24, 2.45) is 0 Å². The third-order valence-corrected chi connectivity index (χ3v) is 6.59. The average molecular weight is 424 g/mol. The Labute approximate surface area is 152 Å². The van der Waals surface area contributed by atoms with Crippen LogP contribution in [0.2, 0.25) is 0 Å². The minimum Gasteiger partial charge on any atom is -0.398 e. The molecule has 3 N–H and O–H groups in total. The first-order valence-electron chi connectivity index (χ1n) is 6.96. The number of nitrogen functional groups attached to an aromatic ring is 1. The monoisotopic (exact) mass is 423 g/mol. The van der Waals surface area contributed by atoms with Crippen LogP contribution in [0.3, 0.4) is 0 Å². The second-order valence-electron chi connectivity index (χ2n) is 5.15. The Morgan fingerprint density at radius 2 is 1.92 bits per heavy atom. The van der Waals surface area contributed by atoms with E-state index in [2.05, 4.69) is 25.6 Å². The van der Waals surface area contributed by atoms with Gasteiger partial charge >= 0.3 is 0 Å². The van der Waals surface area contributed by atoms with Gasteiger partial charge in [0.1, 0.15) is 4.90 Å². The lowest BCUT2D eigenvalue weighted by Crippen LogP contribution is -2.14. The van der Waals surface area contributed by atoms with E-state index in [0.29, 0.717) is 20.9 Å². The van der Waals surface area contributed by atoms with Crippen molar-refractivity contribution in [2.45, 2.75) is 11.8 Å². The molecule has 0 aliphatic carbocycles. The van der Waals surface area contributed by atoms with E-state index in [0.717, 1.165) is 11.3 Å². The number of hydrogen-bond donors (Lipinski definition) is 2. The summed E-state index contributed by atoms with van der Waals surface area (Å²) in [6.07, 6.45) is 0. The highest BCUT2D eigenvalue weighted by Crippen LogP contribution is 2.30. The Kier molecular flexibility index (Phi) is 4.62. The minimum absolute atomic E-state index is 0.130. The quantitative estimate of drug-likeness (QED) is 0.613. The van der Waals surface area contributed by atoms with Crippen LogP contribution < -0.4 is 10.5 Å². The standard InChI is InChI=1S/C16H14BrN3O2S2/c1-10-7-15(12(17)8-13(10)18)24(21,22)20-16-19-14(9-23-16)11-5-3-2-4-6-11/h2-9H,18H2,1H3,(H,19,20). The summed E-state index contributed by atoms with van der Waals surface area (Å²) in [6.45, 7) is 1.76. The average Bonchev–Trinajstić information content (AvgIpc) is 2.99. The molecule has 0 fully saturated rings. The van der Waals surface area contributed by atoms with E-state index in [1.165, 1.54) is 17.4 Å². The van der Waals surface area contributed by atoms with Gasteiger partial charge in [-0.3, -0.25) is 4.72 Å². The summed E-state index contributed by atoms with van der Waals surface area (Å²) in [5.41, 5.74) is 8.69. The summed E-state index contributed by atoms with van der Waals surface area (Å²) in [4.78, 5) is 4.48. The predicted octanol–water partition coefficient (Wildman–Crippen LogP) is 4.26. The van der Waals surface area contributed by atoms with Crippen LogP contribution in [0.15, 0.2) is 57.2 Å². The fourth-order valence-electron chi connectivity index (χ4n) is 2.11. The molecule has 24 heavy (non-hydrogen) atoms. The van der Waals surface area contributed by atoms with E-state index < -0.39 is 10.0 Å². The number of sulfonamides is 1. The number of aromatic nitrogens is 1. The molecular formula is C16H14BrN3O2S2. The van der Waals surface area contributed by atoms with Crippen molar-refractivity contribution in [1.82, 2.24) is 4.98 Å². The molecule has 3 aromatic rings. The minimum atomic E-state index is -3.76. The Bertz CT molecular complexity index is 986. The maximum atomic E-state index is 12.6. The van der Waals surface area contributed by atoms with Gasteiger partial charge in [-0.05, 0) is 40.5 Å². The maximum absolute atomic E-state index is 12.6. The molecule has 1 aromatic heterocycles. The fourth-order valence-corrected chi connectivity index (χ4v) is 5.23.